The van der Waals surface area contributed by atoms with Crippen molar-refractivity contribution in [2.45, 2.75) is 17.7 Å². The van der Waals surface area contributed by atoms with Crippen molar-refractivity contribution in [2.75, 3.05) is 39.3 Å². The van der Waals surface area contributed by atoms with Crippen LogP contribution in [0.4, 0.5) is 0 Å². The maximum atomic E-state index is 12.6. The molecule has 23 heavy (non-hydrogen) atoms. The molecule has 1 aromatic carbocycles. The summed E-state index contributed by atoms with van der Waals surface area (Å²) < 4.78 is 26.6. The molecule has 3 rings (SSSR count). The smallest absolute Gasteiger partial charge is 0.243 e. The predicted octanol–water partition coefficient (Wildman–Crippen LogP) is 0.519. The summed E-state index contributed by atoms with van der Waals surface area (Å²) >= 11 is 0. The van der Waals surface area contributed by atoms with Gasteiger partial charge in [0.05, 0.1) is 10.8 Å². The van der Waals surface area contributed by atoms with E-state index in [1.807, 2.05) is 4.90 Å². The summed E-state index contributed by atoms with van der Waals surface area (Å²) in [4.78, 5) is 14.6. The lowest BCUT2D eigenvalue weighted by Gasteiger charge is -2.36. The van der Waals surface area contributed by atoms with Crippen molar-refractivity contribution in [3.05, 3.63) is 30.3 Å². The topological polar surface area (TPSA) is 69.7 Å². The highest BCUT2D eigenvalue weighted by Gasteiger charge is 2.32. The van der Waals surface area contributed by atoms with Gasteiger partial charge in [-0.15, -0.1) is 0 Å². The first-order chi connectivity index (χ1) is 11.1. The van der Waals surface area contributed by atoms with Crippen LogP contribution in [-0.2, 0) is 14.8 Å². The average molecular weight is 337 g/mol. The van der Waals surface area contributed by atoms with E-state index in [-0.39, 0.29) is 11.8 Å². The van der Waals surface area contributed by atoms with E-state index < -0.39 is 10.0 Å². The highest BCUT2D eigenvalue weighted by Crippen LogP contribution is 2.19. The minimum absolute atomic E-state index is 0.0426. The standard InChI is InChI=1S/C16H23N3O3S/c20-16(14-5-4-8-17-13-14)18-9-11-19(12-10-18)23(21,22)15-6-2-1-3-7-15/h1-3,6-7,14,17H,4-5,8-13H2/t14-/m1/s1. The Morgan fingerprint density at radius 1 is 1.09 bits per heavy atom. The van der Waals surface area contributed by atoms with Gasteiger partial charge in [-0.2, -0.15) is 4.31 Å². The second-order valence-corrected chi connectivity index (χ2v) is 8.02. The first kappa shape index (κ1) is 16.4. The maximum Gasteiger partial charge on any atom is 0.243 e. The largest absolute Gasteiger partial charge is 0.340 e. The first-order valence-electron chi connectivity index (χ1n) is 8.14. The first-order valence-corrected chi connectivity index (χ1v) is 9.58. The van der Waals surface area contributed by atoms with Crippen LogP contribution < -0.4 is 5.32 Å². The van der Waals surface area contributed by atoms with Crippen molar-refractivity contribution < 1.29 is 13.2 Å². The Labute approximate surface area is 137 Å². The molecule has 0 saturated carbocycles. The molecule has 2 saturated heterocycles. The summed E-state index contributed by atoms with van der Waals surface area (Å²) in [7, 11) is -3.45. The van der Waals surface area contributed by atoms with E-state index in [4.69, 9.17) is 0 Å². The zero-order valence-electron chi connectivity index (χ0n) is 13.1. The molecular weight excluding hydrogens is 314 g/mol. The minimum atomic E-state index is -3.45. The molecule has 1 N–H and O–H groups in total. The van der Waals surface area contributed by atoms with Crippen molar-refractivity contribution in [1.82, 2.24) is 14.5 Å². The molecule has 1 atom stereocenters. The summed E-state index contributed by atoms with van der Waals surface area (Å²) in [6, 6.07) is 8.47. The molecule has 0 spiro atoms. The highest BCUT2D eigenvalue weighted by molar-refractivity contribution is 7.89. The van der Waals surface area contributed by atoms with Gasteiger partial charge in [-0.1, -0.05) is 18.2 Å². The fourth-order valence-electron chi connectivity index (χ4n) is 3.21. The van der Waals surface area contributed by atoms with Crippen molar-refractivity contribution in [1.29, 1.82) is 0 Å². The Balaban J connectivity index is 1.61. The van der Waals surface area contributed by atoms with E-state index >= 15 is 0 Å². The Hall–Kier alpha value is -1.44. The molecular formula is C16H23N3O3S. The van der Waals surface area contributed by atoms with Gasteiger partial charge in [0.25, 0.3) is 0 Å². The van der Waals surface area contributed by atoms with Crippen LogP contribution in [0.5, 0.6) is 0 Å². The van der Waals surface area contributed by atoms with E-state index in [1.54, 1.807) is 30.3 Å². The molecule has 1 amide bonds. The van der Waals surface area contributed by atoms with E-state index in [0.717, 1.165) is 25.9 Å². The van der Waals surface area contributed by atoms with Crippen LogP contribution in [0.25, 0.3) is 0 Å². The third kappa shape index (κ3) is 3.57. The number of nitrogens with one attached hydrogen (secondary N) is 1. The zero-order valence-corrected chi connectivity index (χ0v) is 14.0. The SMILES string of the molecule is O=C([C@@H]1CCCNC1)N1CCN(S(=O)(=O)c2ccccc2)CC1. The molecule has 2 aliphatic rings. The summed E-state index contributed by atoms with van der Waals surface area (Å²) in [5.41, 5.74) is 0. The molecule has 2 heterocycles. The minimum Gasteiger partial charge on any atom is -0.340 e. The molecule has 0 bridgehead atoms. The van der Waals surface area contributed by atoms with E-state index in [2.05, 4.69) is 5.32 Å². The highest BCUT2D eigenvalue weighted by atomic mass is 32.2. The lowest BCUT2D eigenvalue weighted by atomic mass is 9.98. The molecule has 0 unspecified atom stereocenters. The summed E-state index contributed by atoms with van der Waals surface area (Å²) in [5.74, 6) is 0.204. The van der Waals surface area contributed by atoms with Gasteiger partial charge in [-0.25, -0.2) is 8.42 Å². The van der Waals surface area contributed by atoms with E-state index in [0.29, 0.717) is 31.1 Å². The molecule has 0 aromatic heterocycles. The maximum absolute atomic E-state index is 12.6. The predicted molar refractivity (Wildman–Crippen MR) is 87.4 cm³/mol. The average Bonchev–Trinajstić information content (AvgIpc) is 2.63. The molecule has 7 heteroatoms. The lowest BCUT2D eigenvalue weighted by Crippen LogP contribution is -2.53. The molecule has 0 radical (unpaired) electrons. The Morgan fingerprint density at radius 2 is 1.78 bits per heavy atom. The van der Waals surface area contributed by atoms with Crippen LogP contribution in [0.1, 0.15) is 12.8 Å². The van der Waals surface area contributed by atoms with E-state index in [9.17, 15) is 13.2 Å². The van der Waals surface area contributed by atoms with Crippen LogP contribution in [0.3, 0.4) is 0 Å². The number of nitrogens with zero attached hydrogens (tertiary/aromatic N) is 2. The normalized spacial score (nSPS) is 23.7. The summed E-state index contributed by atoms with van der Waals surface area (Å²) in [6.07, 6.45) is 1.95. The number of hydrogen-bond donors (Lipinski definition) is 1. The lowest BCUT2D eigenvalue weighted by molar-refractivity contribution is -0.137. The fourth-order valence-corrected chi connectivity index (χ4v) is 4.65. The number of carbonyl (C=O) groups is 1. The Kier molecular flexibility index (Phi) is 4.99. The molecule has 126 valence electrons. The van der Waals surface area contributed by atoms with Gasteiger partial charge in [-0.05, 0) is 31.5 Å². The number of piperazine rings is 1. The van der Waals surface area contributed by atoms with Gasteiger partial charge >= 0.3 is 0 Å². The third-order valence-corrected chi connectivity index (χ3v) is 6.49. The molecule has 1 aromatic rings. The van der Waals surface area contributed by atoms with Gasteiger partial charge in [0.2, 0.25) is 15.9 Å². The Bertz CT molecular complexity index is 634. The quantitative estimate of drug-likeness (QED) is 0.873. The molecule has 0 aliphatic carbocycles. The van der Waals surface area contributed by atoms with Crippen molar-refractivity contribution >= 4 is 15.9 Å². The number of amides is 1. The molecule has 2 aliphatic heterocycles. The number of piperidine rings is 1. The van der Waals surface area contributed by atoms with Crippen LogP contribution in [0, 0.1) is 5.92 Å². The van der Waals surface area contributed by atoms with Gasteiger partial charge < -0.3 is 10.2 Å². The van der Waals surface area contributed by atoms with Crippen LogP contribution in [0.15, 0.2) is 35.2 Å². The van der Waals surface area contributed by atoms with Gasteiger partial charge in [0.1, 0.15) is 0 Å². The second kappa shape index (κ2) is 6.98. The molecule has 2 fully saturated rings. The van der Waals surface area contributed by atoms with Crippen LogP contribution in [-0.4, -0.2) is 62.8 Å². The number of rotatable bonds is 3. The van der Waals surface area contributed by atoms with E-state index in [1.165, 1.54) is 4.31 Å². The molecule has 6 nitrogen and oxygen atoms in total. The number of hydrogen-bond acceptors (Lipinski definition) is 4. The number of carbonyl (C=O) groups excluding carboxylic acids is 1. The second-order valence-electron chi connectivity index (χ2n) is 6.09. The van der Waals surface area contributed by atoms with Crippen molar-refractivity contribution in [2.24, 2.45) is 5.92 Å². The zero-order chi connectivity index (χ0) is 16.3. The van der Waals surface area contributed by atoms with Crippen molar-refractivity contribution in [3.8, 4) is 0 Å². The number of benzene rings is 1. The van der Waals surface area contributed by atoms with Crippen LogP contribution in [0.2, 0.25) is 0 Å². The Morgan fingerprint density at radius 3 is 2.39 bits per heavy atom. The van der Waals surface area contributed by atoms with Gasteiger partial charge in [-0.3, -0.25) is 4.79 Å². The van der Waals surface area contributed by atoms with Gasteiger partial charge in [0, 0.05) is 32.7 Å². The summed E-state index contributed by atoms with van der Waals surface area (Å²) in [6.45, 7) is 3.39. The van der Waals surface area contributed by atoms with Gasteiger partial charge in [0.15, 0.2) is 0 Å². The monoisotopic (exact) mass is 337 g/mol. The fraction of sp³-hybridized carbons (Fsp3) is 0.562. The number of sulfonamides is 1. The van der Waals surface area contributed by atoms with Crippen LogP contribution >= 0.6 is 0 Å². The van der Waals surface area contributed by atoms with Crippen molar-refractivity contribution in [3.63, 3.8) is 0 Å². The third-order valence-electron chi connectivity index (χ3n) is 4.58. The summed E-state index contributed by atoms with van der Waals surface area (Å²) in [5, 5.41) is 3.26.